The normalized spacial score (nSPS) is 16.3. The van der Waals surface area contributed by atoms with Gasteiger partial charge in [0.25, 0.3) is 5.91 Å². The van der Waals surface area contributed by atoms with Crippen LogP contribution >= 0.6 is 0 Å². The van der Waals surface area contributed by atoms with Gasteiger partial charge in [0.05, 0.1) is 11.4 Å². The van der Waals surface area contributed by atoms with Crippen molar-refractivity contribution >= 4 is 46.5 Å². The molecule has 1 aromatic heterocycles. The predicted molar refractivity (Wildman–Crippen MR) is 179 cm³/mol. The fourth-order valence-corrected chi connectivity index (χ4v) is 5.03. The van der Waals surface area contributed by atoms with Crippen LogP contribution in [-0.2, 0) is 4.79 Å². The number of amides is 3. The second kappa shape index (κ2) is 16.2. The number of likely N-dealkylation sites (N-methyl/N-ethyl adjacent to an activating group) is 1. The minimum Gasteiger partial charge on any atom is -0.381 e. The van der Waals surface area contributed by atoms with E-state index in [1.165, 1.54) is 6.20 Å². The van der Waals surface area contributed by atoms with Crippen molar-refractivity contribution in [2.75, 3.05) is 48.5 Å². The van der Waals surface area contributed by atoms with E-state index in [0.717, 1.165) is 37.8 Å². The number of nitrogens with two attached hydrogens (primary N) is 1. The number of hydrogen-bond donors (Lipinski definition) is 6. The van der Waals surface area contributed by atoms with Crippen LogP contribution in [0.2, 0.25) is 0 Å². The Hall–Kier alpha value is -4.97. The van der Waals surface area contributed by atoms with Crippen LogP contribution in [0.3, 0.4) is 0 Å². The maximum Gasteiger partial charge on any atom is 0.256 e. The molecule has 0 bridgehead atoms. The Morgan fingerprint density at radius 3 is 2.47 bits per heavy atom. The molecule has 12 heteroatoms. The number of benzene rings is 2. The highest BCUT2D eigenvalue weighted by atomic mass is 16.2. The van der Waals surface area contributed by atoms with E-state index in [9.17, 15) is 14.4 Å². The first-order chi connectivity index (χ1) is 21.7. The molecule has 2 aromatic carbocycles. The summed E-state index contributed by atoms with van der Waals surface area (Å²) in [5.74, 6) is -0.171. The van der Waals surface area contributed by atoms with E-state index in [2.05, 4.69) is 36.6 Å². The van der Waals surface area contributed by atoms with E-state index in [1.54, 1.807) is 30.3 Å². The van der Waals surface area contributed by atoms with Crippen molar-refractivity contribution in [3.63, 3.8) is 0 Å². The van der Waals surface area contributed by atoms with E-state index >= 15 is 0 Å². The van der Waals surface area contributed by atoms with Gasteiger partial charge in [0.1, 0.15) is 11.4 Å². The van der Waals surface area contributed by atoms with E-state index in [4.69, 9.17) is 5.73 Å². The van der Waals surface area contributed by atoms with Gasteiger partial charge in [-0.15, -0.1) is 0 Å². The average Bonchev–Trinajstić information content (AvgIpc) is 3.01. The van der Waals surface area contributed by atoms with Crippen molar-refractivity contribution < 1.29 is 14.4 Å². The smallest absolute Gasteiger partial charge is 0.256 e. The lowest BCUT2D eigenvalue weighted by atomic mass is 9.90. The fourth-order valence-electron chi connectivity index (χ4n) is 5.03. The highest BCUT2D eigenvalue weighted by Gasteiger charge is 2.26. The molecule has 12 nitrogen and oxygen atoms in total. The van der Waals surface area contributed by atoms with Crippen LogP contribution in [0.15, 0.2) is 66.9 Å². The molecule has 0 radical (unpaired) electrons. The number of nitrogens with one attached hydrogen (secondary N) is 5. The quantitative estimate of drug-likeness (QED) is 0.145. The van der Waals surface area contributed by atoms with Crippen LogP contribution in [0.1, 0.15) is 59.7 Å². The minimum absolute atomic E-state index is 0.0416. The number of carbonyl (C=O) groups excluding carboxylic acids is 3. The number of nitrogens with zero attached hydrogens (tertiary/aromatic N) is 3. The number of para-hydroxylation sites is 2. The molecule has 7 N–H and O–H groups in total. The van der Waals surface area contributed by atoms with Gasteiger partial charge in [-0.3, -0.25) is 14.4 Å². The van der Waals surface area contributed by atoms with Gasteiger partial charge in [-0.2, -0.15) is 4.98 Å². The third-order valence-electron chi connectivity index (χ3n) is 7.30. The van der Waals surface area contributed by atoms with Crippen molar-refractivity contribution in [3.8, 4) is 0 Å². The highest BCUT2D eigenvalue weighted by molar-refractivity contribution is 6.01. The van der Waals surface area contributed by atoms with Crippen LogP contribution in [0, 0.1) is 0 Å². The third kappa shape index (κ3) is 10.0. The van der Waals surface area contributed by atoms with Gasteiger partial charge in [-0.1, -0.05) is 25.1 Å². The first kappa shape index (κ1) is 32.9. The van der Waals surface area contributed by atoms with Crippen molar-refractivity contribution in [2.45, 2.75) is 51.1 Å². The first-order valence-electron chi connectivity index (χ1n) is 15.3. The molecule has 1 saturated carbocycles. The van der Waals surface area contributed by atoms with Gasteiger partial charge in [-0.25, -0.2) is 4.98 Å². The van der Waals surface area contributed by atoms with Gasteiger partial charge < -0.3 is 37.2 Å². The Balaban J connectivity index is 1.39. The number of primary amides is 1. The SMILES string of the molecule is CCCNc1nc(Nc2ccc(C(N)=O)cc2)ncc1C(=O)N[C@@H]1CCC[C@H](Nc2ccccc2NC(=O)/C=C/CN(C)C)C1. The topological polar surface area (TPSA) is 166 Å². The molecule has 238 valence electrons. The summed E-state index contributed by atoms with van der Waals surface area (Å²) in [6, 6.07) is 14.4. The second-order valence-corrected chi connectivity index (χ2v) is 11.3. The minimum atomic E-state index is -0.503. The van der Waals surface area contributed by atoms with Crippen molar-refractivity contribution in [1.29, 1.82) is 0 Å². The van der Waals surface area contributed by atoms with Crippen molar-refractivity contribution in [2.24, 2.45) is 5.73 Å². The summed E-state index contributed by atoms with van der Waals surface area (Å²) in [5, 5.41) is 16.1. The van der Waals surface area contributed by atoms with Gasteiger partial charge in [0, 0.05) is 48.7 Å². The van der Waals surface area contributed by atoms with Crippen molar-refractivity contribution in [3.05, 3.63) is 78.0 Å². The zero-order valence-corrected chi connectivity index (χ0v) is 26.1. The molecule has 4 rings (SSSR count). The summed E-state index contributed by atoms with van der Waals surface area (Å²) in [5.41, 5.74) is 8.33. The molecule has 45 heavy (non-hydrogen) atoms. The zero-order valence-electron chi connectivity index (χ0n) is 26.1. The van der Waals surface area contributed by atoms with Gasteiger partial charge in [-0.05, 0) is 82.6 Å². The lowest BCUT2D eigenvalue weighted by Crippen LogP contribution is -2.42. The van der Waals surface area contributed by atoms with Crippen LogP contribution in [0.5, 0.6) is 0 Å². The van der Waals surface area contributed by atoms with Gasteiger partial charge in [0.2, 0.25) is 17.8 Å². The molecular formula is C33H43N9O3. The Labute approximate surface area is 264 Å². The second-order valence-electron chi connectivity index (χ2n) is 11.3. The largest absolute Gasteiger partial charge is 0.381 e. The van der Waals surface area contributed by atoms with Crippen LogP contribution < -0.4 is 32.3 Å². The average molecular weight is 614 g/mol. The molecule has 1 aliphatic carbocycles. The summed E-state index contributed by atoms with van der Waals surface area (Å²) in [7, 11) is 3.89. The lowest BCUT2D eigenvalue weighted by molar-refractivity contribution is -0.111. The maximum atomic E-state index is 13.5. The number of aromatic nitrogens is 2. The molecule has 1 heterocycles. The van der Waals surface area contributed by atoms with E-state index < -0.39 is 5.91 Å². The standard InChI is InChI=1S/C33H43N9O3/c1-4-18-35-31-26(21-36-33(41-31)39-23-16-14-22(15-17-23)30(34)44)32(45)38-25-10-7-9-24(20-25)37-27-11-5-6-12-28(27)40-29(43)13-8-19-42(2)3/h5-6,8,11-17,21,24-25,37H,4,7,9-10,18-20H2,1-3H3,(H2,34,44)(H,38,45)(H,40,43)(H2,35,36,39,41)/b13-8+/t24-,25+/m0/s1. The van der Waals surface area contributed by atoms with Gasteiger partial charge >= 0.3 is 0 Å². The van der Waals surface area contributed by atoms with E-state index in [1.807, 2.05) is 56.3 Å². The molecular weight excluding hydrogens is 570 g/mol. The Morgan fingerprint density at radius 2 is 1.76 bits per heavy atom. The molecule has 3 aromatic rings. The molecule has 0 unspecified atom stereocenters. The molecule has 0 spiro atoms. The van der Waals surface area contributed by atoms with Crippen molar-refractivity contribution in [1.82, 2.24) is 20.2 Å². The maximum absolute atomic E-state index is 13.5. The number of hydrogen-bond acceptors (Lipinski definition) is 9. The number of carbonyl (C=O) groups is 3. The molecule has 0 saturated heterocycles. The number of rotatable bonds is 14. The molecule has 1 aliphatic rings. The zero-order chi connectivity index (χ0) is 32.2. The molecule has 2 atom stereocenters. The van der Waals surface area contributed by atoms with Crippen LogP contribution in [0.4, 0.5) is 28.8 Å². The van der Waals surface area contributed by atoms with Gasteiger partial charge in [0.15, 0.2) is 0 Å². The summed E-state index contributed by atoms with van der Waals surface area (Å²) >= 11 is 0. The summed E-state index contributed by atoms with van der Waals surface area (Å²) in [4.78, 5) is 48.2. The lowest BCUT2D eigenvalue weighted by Gasteiger charge is -2.31. The predicted octanol–water partition coefficient (Wildman–Crippen LogP) is 4.35. The Morgan fingerprint density at radius 1 is 1.02 bits per heavy atom. The fraction of sp³-hybridized carbons (Fsp3) is 0.364. The third-order valence-corrected chi connectivity index (χ3v) is 7.30. The molecule has 0 aliphatic heterocycles. The highest BCUT2D eigenvalue weighted by Crippen LogP contribution is 2.28. The van der Waals surface area contributed by atoms with Crippen LogP contribution in [0.25, 0.3) is 0 Å². The summed E-state index contributed by atoms with van der Waals surface area (Å²) in [6.07, 6.45) is 9.22. The van der Waals surface area contributed by atoms with Crippen LogP contribution in [-0.4, -0.2) is 71.9 Å². The monoisotopic (exact) mass is 613 g/mol. The molecule has 3 amide bonds. The Bertz CT molecular complexity index is 1490. The summed E-state index contributed by atoms with van der Waals surface area (Å²) in [6.45, 7) is 3.36. The molecule has 1 fully saturated rings. The summed E-state index contributed by atoms with van der Waals surface area (Å²) < 4.78 is 0. The first-order valence-corrected chi connectivity index (χ1v) is 15.3. The Kier molecular flexibility index (Phi) is 11.9. The van der Waals surface area contributed by atoms with E-state index in [-0.39, 0.29) is 23.9 Å². The number of anilines is 5. The van der Waals surface area contributed by atoms with E-state index in [0.29, 0.717) is 47.4 Å².